The fourth-order valence-electron chi connectivity index (χ4n) is 3.27. The quantitative estimate of drug-likeness (QED) is 0.735. The summed E-state index contributed by atoms with van der Waals surface area (Å²) < 4.78 is 5.43. The third kappa shape index (κ3) is 3.66. The largest absolute Gasteiger partial charge is 0.370 e. The molecule has 1 aromatic carbocycles. The second-order valence-corrected chi connectivity index (χ2v) is 7.21. The van der Waals surface area contributed by atoms with Gasteiger partial charge in [0, 0.05) is 10.9 Å². The van der Waals surface area contributed by atoms with E-state index in [9.17, 15) is 0 Å². The Kier molecular flexibility index (Phi) is 4.92. The molecular formula is C19H23N4OS+. The van der Waals surface area contributed by atoms with E-state index >= 15 is 0 Å². The second kappa shape index (κ2) is 7.47. The molecule has 3 heterocycles. The lowest BCUT2D eigenvalue weighted by Gasteiger charge is -2.23. The van der Waals surface area contributed by atoms with E-state index in [1.54, 1.807) is 16.2 Å². The van der Waals surface area contributed by atoms with Crippen LogP contribution in [0.1, 0.15) is 5.82 Å². The average molecular weight is 355 g/mol. The maximum absolute atomic E-state index is 5.43. The summed E-state index contributed by atoms with van der Waals surface area (Å²) in [5, 5.41) is 6.89. The molecule has 130 valence electrons. The van der Waals surface area contributed by atoms with E-state index < -0.39 is 0 Å². The smallest absolute Gasteiger partial charge is 0.139 e. The van der Waals surface area contributed by atoms with E-state index in [-0.39, 0.29) is 0 Å². The van der Waals surface area contributed by atoms with Gasteiger partial charge in [-0.1, -0.05) is 30.3 Å². The molecule has 1 fully saturated rings. The van der Waals surface area contributed by atoms with Crippen LogP contribution < -0.4 is 10.2 Å². The molecule has 5 nitrogen and oxygen atoms in total. The zero-order valence-electron chi connectivity index (χ0n) is 14.4. The first kappa shape index (κ1) is 16.4. The van der Waals surface area contributed by atoms with Crippen LogP contribution in [0.5, 0.6) is 0 Å². The van der Waals surface area contributed by atoms with E-state index in [1.165, 1.54) is 11.1 Å². The standard InChI is InChI=1S/C19H22N4OS/c1-14-21-18(20-7-8-23-9-11-24-12-10-23)17-16(13-25-19(17)22-14)15-5-3-2-4-6-15/h2-6,13H,7-12H2,1H3,(H,20,21,22)/p+1. The van der Waals surface area contributed by atoms with Crippen molar-refractivity contribution in [3.63, 3.8) is 0 Å². The van der Waals surface area contributed by atoms with Gasteiger partial charge < -0.3 is 15.0 Å². The van der Waals surface area contributed by atoms with Crippen LogP contribution in [0.15, 0.2) is 35.7 Å². The molecule has 0 radical (unpaired) electrons. The Morgan fingerprint density at radius 1 is 1.16 bits per heavy atom. The number of hydrogen-bond acceptors (Lipinski definition) is 5. The number of benzene rings is 1. The lowest BCUT2D eigenvalue weighted by molar-refractivity contribution is -0.906. The molecule has 2 N–H and O–H groups in total. The molecule has 4 rings (SSSR count). The summed E-state index contributed by atoms with van der Waals surface area (Å²) in [6.07, 6.45) is 0. The minimum absolute atomic E-state index is 0.815. The fourth-order valence-corrected chi connectivity index (χ4v) is 4.27. The first-order valence-electron chi connectivity index (χ1n) is 8.78. The molecule has 0 saturated carbocycles. The number of ether oxygens (including phenoxy) is 1. The Hall–Kier alpha value is -2.02. The molecule has 3 aromatic rings. The predicted molar refractivity (Wildman–Crippen MR) is 102 cm³/mol. The van der Waals surface area contributed by atoms with Gasteiger partial charge in [-0.2, -0.15) is 0 Å². The van der Waals surface area contributed by atoms with Crippen molar-refractivity contribution in [3.8, 4) is 11.1 Å². The summed E-state index contributed by atoms with van der Waals surface area (Å²) in [5.74, 6) is 1.77. The molecule has 1 saturated heterocycles. The molecule has 0 spiro atoms. The third-order valence-corrected chi connectivity index (χ3v) is 5.47. The van der Waals surface area contributed by atoms with Crippen molar-refractivity contribution in [1.82, 2.24) is 9.97 Å². The number of morpholine rings is 1. The molecule has 25 heavy (non-hydrogen) atoms. The predicted octanol–water partition coefficient (Wildman–Crippen LogP) is 1.99. The van der Waals surface area contributed by atoms with Crippen LogP contribution in [-0.2, 0) is 4.74 Å². The number of anilines is 1. The van der Waals surface area contributed by atoms with Gasteiger partial charge in [-0.3, -0.25) is 0 Å². The summed E-state index contributed by atoms with van der Waals surface area (Å²) in [5.41, 5.74) is 2.42. The Bertz CT molecular complexity index is 843. The van der Waals surface area contributed by atoms with Gasteiger partial charge in [0.2, 0.25) is 0 Å². The van der Waals surface area contributed by atoms with Gasteiger partial charge in [0.1, 0.15) is 29.6 Å². The number of nitrogens with zero attached hydrogens (tertiary/aromatic N) is 2. The van der Waals surface area contributed by atoms with Crippen LogP contribution >= 0.6 is 11.3 Å². The summed E-state index contributed by atoms with van der Waals surface area (Å²) in [7, 11) is 0. The minimum Gasteiger partial charge on any atom is -0.370 e. The molecule has 1 aliphatic heterocycles. The molecule has 0 aliphatic carbocycles. The molecule has 2 aromatic heterocycles. The summed E-state index contributed by atoms with van der Waals surface area (Å²) >= 11 is 1.69. The van der Waals surface area contributed by atoms with E-state index in [2.05, 4.69) is 39.9 Å². The van der Waals surface area contributed by atoms with Crippen LogP contribution in [0, 0.1) is 6.92 Å². The normalized spacial score (nSPS) is 15.6. The average Bonchev–Trinajstić information content (AvgIpc) is 3.07. The first-order valence-corrected chi connectivity index (χ1v) is 9.65. The Morgan fingerprint density at radius 3 is 2.76 bits per heavy atom. The zero-order valence-corrected chi connectivity index (χ0v) is 15.2. The van der Waals surface area contributed by atoms with Gasteiger partial charge in [-0.15, -0.1) is 11.3 Å². The SMILES string of the molecule is Cc1nc(NCC[NH+]2CCOCC2)c2c(-c3ccccc3)csc2n1. The van der Waals surface area contributed by atoms with E-state index in [1.807, 2.05) is 13.0 Å². The van der Waals surface area contributed by atoms with Gasteiger partial charge in [0.15, 0.2) is 0 Å². The van der Waals surface area contributed by atoms with Crippen molar-refractivity contribution in [2.45, 2.75) is 6.92 Å². The number of quaternary nitrogens is 1. The fraction of sp³-hybridized carbons (Fsp3) is 0.368. The van der Waals surface area contributed by atoms with Gasteiger partial charge in [-0.25, -0.2) is 9.97 Å². The number of hydrogen-bond donors (Lipinski definition) is 2. The van der Waals surface area contributed by atoms with E-state index in [4.69, 9.17) is 9.72 Å². The van der Waals surface area contributed by atoms with Gasteiger partial charge in [0.05, 0.1) is 31.7 Å². The number of aromatic nitrogens is 2. The Labute approximate surface area is 151 Å². The molecule has 6 heteroatoms. The van der Waals surface area contributed by atoms with E-state index in [0.29, 0.717) is 0 Å². The highest BCUT2D eigenvalue weighted by molar-refractivity contribution is 7.17. The lowest BCUT2D eigenvalue weighted by atomic mass is 10.1. The Balaban J connectivity index is 1.59. The van der Waals surface area contributed by atoms with Crippen LogP contribution in [0.25, 0.3) is 21.3 Å². The third-order valence-electron chi connectivity index (χ3n) is 4.60. The maximum Gasteiger partial charge on any atom is 0.139 e. The number of nitrogens with one attached hydrogen (secondary N) is 2. The second-order valence-electron chi connectivity index (χ2n) is 6.35. The zero-order chi connectivity index (χ0) is 17.1. The van der Waals surface area contributed by atoms with Gasteiger partial charge in [0.25, 0.3) is 0 Å². The van der Waals surface area contributed by atoms with Crippen LogP contribution in [0.3, 0.4) is 0 Å². The van der Waals surface area contributed by atoms with Crippen LogP contribution in [0.2, 0.25) is 0 Å². The summed E-state index contributed by atoms with van der Waals surface area (Å²) in [6, 6.07) is 10.5. The minimum atomic E-state index is 0.815. The number of thiophene rings is 1. The van der Waals surface area contributed by atoms with Gasteiger partial charge in [-0.05, 0) is 12.5 Å². The molecule has 0 unspecified atom stereocenters. The molecule has 0 bridgehead atoms. The van der Waals surface area contributed by atoms with Crippen molar-refractivity contribution in [1.29, 1.82) is 0 Å². The molecule has 1 aliphatic rings. The van der Waals surface area contributed by atoms with Crippen molar-refractivity contribution < 1.29 is 9.64 Å². The number of aryl methyl sites for hydroxylation is 1. The highest BCUT2D eigenvalue weighted by Gasteiger charge is 2.16. The van der Waals surface area contributed by atoms with Crippen molar-refractivity contribution in [3.05, 3.63) is 41.5 Å². The monoisotopic (exact) mass is 355 g/mol. The highest BCUT2D eigenvalue weighted by atomic mass is 32.1. The van der Waals surface area contributed by atoms with Crippen LogP contribution in [0.4, 0.5) is 5.82 Å². The van der Waals surface area contributed by atoms with Crippen LogP contribution in [-0.4, -0.2) is 49.4 Å². The maximum atomic E-state index is 5.43. The Morgan fingerprint density at radius 2 is 1.96 bits per heavy atom. The molecule has 0 atom stereocenters. The lowest BCUT2D eigenvalue weighted by Crippen LogP contribution is -3.14. The number of fused-ring (bicyclic) bond motifs is 1. The van der Waals surface area contributed by atoms with Gasteiger partial charge >= 0.3 is 0 Å². The summed E-state index contributed by atoms with van der Waals surface area (Å²) in [4.78, 5) is 12.0. The van der Waals surface area contributed by atoms with Crippen molar-refractivity contribution in [2.24, 2.45) is 0 Å². The topological polar surface area (TPSA) is 51.5 Å². The molecular weight excluding hydrogens is 332 g/mol. The molecule has 0 amide bonds. The first-order chi connectivity index (χ1) is 12.3. The highest BCUT2D eigenvalue weighted by Crippen LogP contribution is 2.36. The van der Waals surface area contributed by atoms with Crippen molar-refractivity contribution in [2.75, 3.05) is 44.7 Å². The van der Waals surface area contributed by atoms with E-state index in [0.717, 1.165) is 61.3 Å². The van der Waals surface area contributed by atoms with Crippen molar-refractivity contribution >= 4 is 27.4 Å². The number of rotatable bonds is 5. The summed E-state index contributed by atoms with van der Waals surface area (Å²) in [6.45, 7) is 7.87.